The van der Waals surface area contributed by atoms with Crippen molar-refractivity contribution in [2.24, 2.45) is 0 Å². The third-order valence-electron chi connectivity index (χ3n) is 3.05. The summed E-state index contributed by atoms with van der Waals surface area (Å²) in [6.45, 7) is 2.64. The van der Waals surface area contributed by atoms with Crippen molar-refractivity contribution in [3.05, 3.63) is 63.6 Å². The maximum Gasteiger partial charge on any atom is 0.307 e. The van der Waals surface area contributed by atoms with Crippen LogP contribution in [0.25, 0.3) is 0 Å². The van der Waals surface area contributed by atoms with Crippen molar-refractivity contribution < 1.29 is 9.90 Å². The van der Waals surface area contributed by atoms with Gasteiger partial charge < -0.3 is 10.4 Å². The Morgan fingerprint density at radius 2 is 1.90 bits per heavy atom. The molecule has 2 rings (SSSR count). The predicted octanol–water partition coefficient (Wildman–Crippen LogP) is 4.00. The van der Waals surface area contributed by atoms with E-state index in [4.69, 9.17) is 5.11 Å². The van der Waals surface area contributed by atoms with E-state index < -0.39 is 5.97 Å². The Morgan fingerprint density at radius 3 is 2.60 bits per heavy atom. The molecule has 2 N–H and O–H groups in total. The lowest BCUT2D eigenvalue weighted by atomic mass is 10.0. The summed E-state index contributed by atoms with van der Waals surface area (Å²) >= 11 is 3.51. The van der Waals surface area contributed by atoms with E-state index in [1.807, 2.05) is 43.3 Å². The zero-order chi connectivity index (χ0) is 14.5. The van der Waals surface area contributed by atoms with Gasteiger partial charge >= 0.3 is 5.97 Å². The van der Waals surface area contributed by atoms with Gasteiger partial charge in [-0.3, -0.25) is 4.79 Å². The molecular formula is C16H16BrNO2. The third kappa shape index (κ3) is 3.84. The van der Waals surface area contributed by atoms with Crippen LogP contribution in [0.5, 0.6) is 0 Å². The standard InChI is InChI=1S/C16H16BrNO2/c1-11-6-7-14(17)15(8-11)18-10-13-5-3-2-4-12(13)9-16(19)20/h2-8,18H,9-10H2,1H3,(H,19,20). The Kier molecular flexibility index (Phi) is 4.79. The molecule has 0 atom stereocenters. The Labute approximate surface area is 126 Å². The van der Waals surface area contributed by atoms with Crippen molar-refractivity contribution >= 4 is 27.6 Å². The molecule has 0 aromatic heterocycles. The summed E-state index contributed by atoms with van der Waals surface area (Å²) in [6, 6.07) is 13.7. The van der Waals surface area contributed by atoms with Crippen LogP contribution in [-0.2, 0) is 17.8 Å². The lowest BCUT2D eigenvalue weighted by Crippen LogP contribution is -2.07. The van der Waals surface area contributed by atoms with Gasteiger partial charge in [-0.25, -0.2) is 0 Å². The molecule has 0 amide bonds. The minimum atomic E-state index is -0.811. The van der Waals surface area contributed by atoms with Crippen molar-refractivity contribution in [2.75, 3.05) is 5.32 Å². The number of carboxylic acids is 1. The molecule has 0 heterocycles. The number of hydrogen-bond acceptors (Lipinski definition) is 2. The zero-order valence-corrected chi connectivity index (χ0v) is 12.8. The van der Waals surface area contributed by atoms with E-state index in [1.165, 1.54) is 5.56 Å². The molecule has 0 saturated carbocycles. The van der Waals surface area contributed by atoms with Gasteiger partial charge in [0.25, 0.3) is 0 Å². The summed E-state index contributed by atoms with van der Waals surface area (Å²) in [5.41, 5.74) is 4.03. The fourth-order valence-corrected chi connectivity index (χ4v) is 2.42. The molecule has 104 valence electrons. The van der Waals surface area contributed by atoms with Crippen LogP contribution in [0.4, 0.5) is 5.69 Å². The van der Waals surface area contributed by atoms with Gasteiger partial charge in [0.05, 0.1) is 6.42 Å². The lowest BCUT2D eigenvalue weighted by molar-refractivity contribution is -0.136. The van der Waals surface area contributed by atoms with Gasteiger partial charge in [0, 0.05) is 16.7 Å². The summed E-state index contributed by atoms with van der Waals surface area (Å²) in [7, 11) is 0. The van der Waals surface area contributed by atoms with Crippen LogP contribution in [0, 0.1) is 6.92 Å². The van der Waals surface area contributed by atoms with Crippen LogP contribution < -0.4 is 5.32 Å². The lowest BCUT2D eigenvalue weighted by Gasteiger charge is -2.12. The van der Waals surface area contributed by atoms with E-state index in [9.17, 15) is 4.79 Å². The summed E-state index contributed by atoms with van der Waals surface area (Å²) in [6.07, 6.45) is 0.0485. The molecule has 4 heteroatoms. The zero-order valence-electron chi connectivity index (χ0n) is 11.2. The maximum absolute atomic E-state index is 10.9. The highest BCUT2D eigenvalue weighted by Gasteiger charge is 2.07. The second-order valence-electron chi connectivity index (χ2n) is 4.68. The van der Waals surface area contributed by atoms with Crippen LogP contribution in [0.3, 0.4) is 0 Å². The molecule has 0 radical (unpaired) electrons. The Balaban J connectivity index is 2.14. The molecule has 0 aliphatic rings. The first kappa shape index (κ1) is 14.6. The maximum atomic E-state index is 10.9. The van der Waals surface area contributed by atoms with Crippen LogP contribution in [0.1, 0.15) is 16.7 Å². The van der Waals surface area contributed by atoms with Gasteiger partial charge in [0.1, 0.15) is 0 Å². The van der Waals surface area contributed by atoms with Crippen molar-refractivity contribution in [1.82, 2.24) is 0 Å². The second-order valence-corrected chi connectivity index (χ2v) is 5.53. The normalized spacial score (nSPS) is 10.3. The number of nitrogens with one attached hydrogen (secondary N) is 1. The van der Waals surface area contributed by atoms with Crippen LogP contribution in [-0.4, -0.2) is 11.1 Å². The molecular weight excluding hydrogens is 318 g/mol. The minimum Gasteiger partial charge on any atom is -0.481 e. The molecule has 3 nitrogen and oxygen atoms in total. The summed E-state index contributed by atoms with van der Waals surface area (Å²) < 4.78 is 0.999. The van der Waals surface area contributed by atoms with Gasteiger partial charge in [0.15, 0.2) is 0 Å². The summed E-state index contributed by atoms with van der Waals surface area (Å²) in [5.74, 6) is -0.811. The molecule has 0 spiro atoms. The van der Waals surface area contributed by atoms with E-state index in [1.54, 1.807) is 0 Å². The highest BCUT2D eigenvalue weighted by Crippen LogP contribution is 2.24. The highest BCUT2D eigenvalue weighted by molar-refractivity contribution is 9.10. The van der Waals surface area contributed by atoms with Crippen LogP contribution in [0.2, 0.25) is 0 Å². The minimum absolute atomic E-state index is 0.0485. The number of halogens is 1. The second kappa shape index (κ2) is 6.57. The van der Waals surface area contributed by atoms with E-state index in [2.05, 4.69) is 27.3 Å². The first-order valence-corrected chi connectivity index (χ1v) is 7.14. The molecule has 0 saturated heterocycles. The third-order valence-corrected chi connectivity index (χ3v) is 3.74. The molecule has 20 heavy (non-hydrogen) atoms. The van der Waals surface area contributed by atoms with E-state index in [0.29, 0.717) is 6.54 Å². The van der Waals surface area contributed by atoms with Crippen molar-refractivity contribution in [3.63, 3.8) is 0 Å². The largest absolute Gasteiger partial charge is 0.481 e. The number of hydrogen-bond donors (Lipinski definition) is 2. The summed E-state index contributed by atoms with van der Waals surface area (Å²) in [4.78, 5) is 10.9. The Bertz CT molecular complexity index is 626. The SMILES string of the molecule is Cc1ccc(Br)c(NCc2ccccc2CC(=O)O)c1. The number of aliphatic carboxylic acids is 1. The average molecular weight is 334 g/mol. The molecule has 2 aromatic carbocycles. The quantitative estimate of drug-likeness (QED) is 0.869. The predicted molar refractivity (Wildman–Crippen MR) is 84.0 cm³/mol. The van der Waals surface area contributed by atoms with Gasteiger partial charge in [-0.1, -0.05) is 30.3 Å². The van der Waals surface area contributed by atoms with Gasteiger partial charge in [-0.05, 0) is 51.7 Å². The Hall–Kier alpha value is -1.81. The molecule has 0 aliphatic carbocycles. The van der Waals surface area contributed by atoms with Crippen LogP contribution >= 0.6 is 15.9 Å². The van der Waals surface area contributed by atoms with E-state index >= 15 is 0 Å². The molecule has 0 fully saturated rings. The van der Waals surface area contributed by atoms with E-state index in [0.717, 1.165) is 21.3 Å². The van der Waals surface area contributed by atoms with Crippen molar-refractivity contribution in [3.8, 4) is 0 Å². The van der Waals surface area contributed by atoms with E-state index in [-0.39, 0.29) is 6.42 Å². The summed E-state index contributed by atoms with van der Waals surface area (Å²) in [5, 5.41) is 12.3. The molecule has 0 unspecified atom stereocenters. The highest BCUT2D eigenvalue weighted by atomic mass is 79.9. The van der Waals surface area contributed by atoms with Gasteiger partial charge in [-0.2, -0.15) is 0 Å². The number of carboxylic acid groups (broad SMARTS) is 1. The first-order valence-electron chi connectivity index (χ1n) is 6.35. The Morgan fingerprint density at radius 1 is 1.20 bits per heavy atom. The molecule has 0 aliphatic heterocycles. The van der Waals surface area contributed by atoms with Crippen molar-refractivity contribution in [1.29, 1.82) is 0 Å². The number of rotatable bonds is 5. The number of benzene rings is 2. The smallest absolute Gasteiger partial charge is 0.307 e. The monoisotopic (exact) mass is 333 g/mol. The fourth-order valence-electron chi connectivity index (χ4n) is 2.03. The fraction of sp³-hybridized carbons (Fsp3) is 0.188. The molecule has 2 aromatic rings. The average Bonchev–Trinajstić information content (AvgIpc) is 2.41. The topological polar surface area (TPSA) is 49.3 Å². The van der Waals surface area contributed by atoms with Crippen LogP contribution in [0.15, 0.2) is 46.9 Å². The first-order chi connectivity index (χ1) is 9.56. The van der Waals surface area contributed by atoms with Gasteiger partial charge in [0.2, 0.25) is 0 Å². The van der Waals surface area contributed by atoms with Gasteiger partial charge in [-0.15, -0.1) is 0 Å². The number of aryl methyl sites for hydroxylation is 1. The number of carbonyl (C=O) groups is 1. The molecule has 0 bridgehead atoms. The number of anilines is 1. The van der Waals surface area contributed by atoms with Crippen molar-refractivity contribution in [2.45, 2.75) is 19.9 Å².